The third kappa shape index (κ3) is 4.53. The standard InChI is InChI=1S/C26H36N2O6S/c1-4-34-25(32)20-19-15-16(2)26(35-19)21(20)24(31)28(13-7-5-6-8-14-29)22(26)23(30)27-17-9-11-18(33-3)12-10-17/h9-12,16,19-22,29H,4-8,13-15H2,1-3H3,(H,27,30)/t16?,19-,20+,21+,22?,26?/m1/s1. The van der Waals surface area contributed by atoms with Crippen molar-refractivity contribution in [2.75, 3.05) is 32.2 Å². The average molecular weight is 505 g/mol. The summed E-state index contributed by atoms with van der Waals surface area (Å²) in [6, 6.07) is 6.47. The second kappa shape index (κ2) is 10.8. The Morgan fingerprint density at radius 3 is 2.57 bits per heavy atom. The molecule has 0 radical (unpaired) electrons. The van der Waals surface area contributed by atoms with Crippen LogP contribution in [-0.2, 0) is 19.1 Å². The number of unbranched alkanes of at least 4 members (excludes halogenated alkanes) is 3. The molecule has 192 valence electrons. The fourth-order valence-electron chi connectivity index (χ4n) is 6.20. The Hall–Kier alpha value is -2.26. The molecular weight excluding hydrogens is 468 g/mol. The molecule has 2 bridgehead atoms. The first kappa shape index (κ1) is 25.8. The van der Waals surface area contributed by atoms with Gasteiger partial charge >= 0.3 is 5.97 Å². The first-order valence-electron chi connectivity index (χ1n) is 12.6. The number of thioether (sulfide) groups is 1. The first-order chi connectivity index (χ1) is 16.9. The number of carbonyl (C=O) groups is 3. The van der Waals surface area contributed by atoms with Crippen molar-refractivity contribution in [2.24, 2.45) is 17.8 Å². The number of nitrogens with one attached hydrogen (secondary N) is 1. The lowest BCUT2D eigenvalue weighted by molar-refractivity contribution is -0.154. The summed E-state index contributed by atoms with van der Waals surface area (Å²) >= 11 is 1.65. The third-order valence-corrected chi connectivity index (χ3v) is 9.79. The van der Waals surface area contributed by atoms with Crippen LogP contribution < -0.4 is 10.1 Å². The number of hydrogen-bond acceptors (Lipinski definition) is 7. The zero-order chi connectivity index (χ0) is 25.2. The summed E-state index contributed by atoms with van der Waals surface area (Å²) in [6.45, 7) is 4.75. The molecule has 8 nitrogen and oxygen atoms in total. The summed E-state index contributed by atoms with van der Waals surface area (Å²) < 4.78 is 9.94. The van der Waals surface area contributed by atoms with Crippen LogP contribution in [0.4, 0.5) is 5.69 Å². The first-order valence-corrected chi connectivity index (χ1v) is 13.5. The molecule has 2 amide bonds. The predicted octanol–water partition coefficient (Wildman–Crippen LogP) is 3.09. The number of fused-ring (bicyclic) bond motifs is 1. The van der Waals surface area contributed by atoms with Crippen molar-refractivity contribution in [3.63, 3.8) is 0 Å². The molecule has 3 fully saturated rings. The molecule has 3 heterocycles. The van der Waals surface area contributed by atoms with Crippen molar-refractivity contribution in [3.8, 4) is 5.75 Å². The largest absolute Gasteiger partial charge is 0.497 e. The van der Waals surface area contributed by atoms with Crippen molar-refractivity contribution in [2.45, 2.75) is 62.0 Å². The number of aliphatic hydroxyl groups is 1. The predicted molar refractivity (Wildman–Crippen MR) is 134 cm³/mol. The van der Waals surface area contributed by atoms with Gasteiger partial charge in [0.05, 0.1) is 30.3 Å². The van der Waals surface area contributed by atoms with Crippen LogP contribution in [0.25, 0.3) is 0 Å². The number of benzene rings is 1. The zero-order valence-corrected chi connectivity index (χ0v) is 21.5. The van der Waals surface area contributed by atoms with Gasteiger partial charge in [-0.25, -0.2) is 0 Å². The number of carbonyl (C=O) groups excluding carboxylic acids is 3. The van der Waals surface area contributed by atoms with Gasteiger partial charge in [0.15, 0.2) is 0 Å². The molecule has 0 saturated carbocycles. The topological polar surface area (TPSA) is 105 Å². The maximum absolute atomic E-state index is 13.9. The molecule has 1 spiro atoms. The Morgan fingerprint density at radius 2 is 1.91 bits per heavy atom. The lowest BCUT2D eigenvalue weighted by Gasteiger charge is -2.38. The molecule has 2 N–H and O–H groups in total. The minimum Gasteiger partial charge on any atom is -0.497 e. The second-order valence-electron chi connectivity index (χ2n) is 9.69. The number of likely N-dealkylation sites (tertiary alicyclic amines) is 1. The monoisotopic (exact) mass is 504 g/mol. The molecule has 0 aromatic heterocycles. The van der Waals surface area contributed by atoms with Crippen molar-refractivity contribution < 1.29 is 29.0 Å². The smallest absolute Gasteiger partial charge is 0.310 e. The number of amides is 2. The molecule has 3 saturated heterocycles. The van der Waals surface area contributed by atoms with Gasteiger partial charge in [-0.2, -0.15) is 0 Å². The van der Waals surface area contributed by atoms with Gasteiger partial charge in [0, 0.05) is 24.1 Å². The number of nitrogens with zero attached hydrogens (tertiary/aromatic N) is 1. The molecule has 35 heavy (non-hydrogen) atoms. The zero-order valence-electron chi connectivity index (χ0n) is 20.7. The van der Waals surface area contributed by atoms with E-state index in [1.54, 1.807) is 55.0 Å². The molecule has 0 aliphatic carbocycles. The van der Waals surface area contributed by atoms with Crippen LogP contribution in [0.2, 0.25) is 0 Å². The van der Waals surface area contributed by atoms with E-state index in [-0.39, 0.29) is 42.2 Å². The van der Waals surface area contributed by atoms with Gasteiger partial charge < -0.3 is 24.8 Å². The number of ether oxygens (including phenoxy) is 2. The Labute approximate surface area is 211 Å². The third-order valence-electron chi connectivity index (χ3n) is 7.72. The SMILES string of the molecule is CCOC(=O)[C@@H]1[C@H]2C(=O)N(CCCCCCO)C(C(=O)Nc3ccc(OC)cc3)C23S[C@@H]1CC3C. The normalized spacial score (nSPS) is 30.9. The van der Waals surface area contributed by atoms with Gasteiger partial charge in [-0.3, -0.25) is 14.4 Å². The van der Waals surface area contributed by atoms with Crippen LogP contribution in [0.5, 0.6) is 5.75 Å². The second-order valence-corrected chi connectivity index (χ2v) is 11.2. The Morgan fingerprint density at radius 1 is 1.20 bits per heavy atom. The summed E-state index contributed by atoms with van der Waals surface area (Å²) in [7, 11) is 1.59. The number of hydrogen-bond donors (Lipinski definition) is 2. The molecule has 9 heteroatoms. The maximum Gasteiger partial charge on any atom is 0.310 e. The average Bonchev–Trinajstić information content (AvgIpc) is 3.43. The van der Waals surface area contributed by atoms with Crippen molar-refractivity contribution in [3.05, 3.63) is 24.3 Å². The quantitative estimate of drug-likeness (QED) is 0.352. The van der Waals surface area contributed by atoms with E-state index in [0.717, 1.165) is 32.1 Å². The van der Waals surface area contributed by atoms with Crippen LogP contribution >= 0.6 is 11.8 Å². The van der Waals surface area contributed by atoms with E-state index in [2.05, 4.69) is 12.2 Å². The molecule has 3 unspecified atom stereocenters. The lowest BCUT2D eigenvalue weighted by Crippen LogP contribution is -2.54. The Kier molecular flexibility index (Phi) is 7.96. The van der Waals surface area contributed by atoms with Gasteiger partial charge in [-0.1, -0.05) is 19.8 Å². The van der Waals surface area contributed by atoms with E-state index in [4.69, 9.17) is 14.6 Å². The van der Waals surface area contributed by atoms with Crippen LogP contribution in [0.3, 0.4) is 0 Å². The van der Waals surface area contributed by atoms with Crippen molar-refractivity contribution in [1.82, 2.24) is 4.90 Å². The van der Waals surface area contributed by atoms with Crippen LogP contribution in [0, 0.1) is 17.8 Å². The highest BCUT2D eigenvalue weighted by Gasteiger charge is 2.76. The van der Waals surface area contributed by atoms with E-state index in [1.807, 2.05) is 0 Å². The van der Waals surface area contributed by atoms with Gasteiger partial charge in [-0.05, 0) is 56.4 Å². The van der Waals surface area contributed by atoms with Crippen molar-refractivity contribution in [1.29, 1.82) is 0 Å². The highest BCUT2D eigenvalue weighted by Crippen LogP contribution is 2.68. The number of methoxy groups -OCH3 is 1. The number of esters is 1. The number of aliphatic hydroxyl groups excluding tert-OH is 1. The van der Waals surface area contributed by atoms with Gasteiger partial charge in [0.25, 0.3) is 0 Å². The maximum atomic E-state index is 13.9. The summed E-state index contributed by atoms with van der Waals surface area (Å²) in [6.07, 6.45) is 3.99. The van der Waals surface area contributed by atoms with Crippen LogP contribution in [0.1, 0.15) is 46.0 Å². The lowest BCUT2D eigenvalue weighted by atomic mass is 9.66. The molecule has 6 atom stereocenters. The van der Waals surface area contributed by atoms with Gasteiger partial charge in [0.1, 0.15) is 11.8 Å². The van der Waals surface area contributed by atoms with E-state index in [0.29, 0.717) is 18.0 Å². The molecule has 3 aliphatic heterocycles. The summed E-state index contributed by atoms with van der Waals surface area (Å²) in [5.74, 6) is -0.909. The van der Waals surface area contributed by atoms with Crippen LogP contribution in [0.15, 0.2) is 24.3 Å². The summed E-state index contributed by atoms with van der Waals surface area (Å²) in [4.78, 5) is 42.4. The fourth-order valence-corrected chi connectivity index (χ4v) is 8.61. The van der Waals surface area contributed by atoms with E-state index < -0.39 is 22.6 Å². The molecule has 4 rings (SSSR count). The van der Waals surface area contributed by atoms with E-state index >= 15 is 0 Å². The van der Waals surface area contributed by atoms with E-state index in [1.165, 1.54) is 0 Å². The fraction of sp³-hybridized carbons (Fsp3) is 0.654. The van der Waals surface area contributed by atoms with Crippen molar-refractivity contribution >= 4 is 35.2 Å². The number of anilines is 1. The Balaban J connectivity index is 1.63. The molecule has 1 aromatic rings. The minimum absolute atomic E-state index is 0.0130. The minimum atomic E-state index is -0.663. The molecule has 1 aromatic carbocycles. The number of rotatable bonds is 11. The Bertz CT molecular complexity index is 940. The highest BCUT2D eigenvalue weighted by atomic mass is 32.2. The molecular formula is C26H36N2O6S. The summed E-state index contributed by atoms with van der Waals surface area (Å²) in [5, 5.41) is 12.1. The van der Waals surface area contributed by atoms with Crippen LogP contribution in [-0.4, -0.2) is 70.7 Å². The van der Waals surface area contributed by atoms with Gasteiger partial charge in [-0.15, -0.1) is 11.8 Å². The molecule has 3 aliphatic rings. The highest BCUT2D eigenvalue weighted by molar-refractivity contribution is 8.02. The van der Waals surface area contributed by atoms with Gasteiger partial charge in [0.2, 0.25) is 11.8 Å². The van der Waals surface area contributed by atoms with E-state index in [9.17, 15) is 14.4 Å². The summed E-state index contributed by atoms with van der Waals surface area (Å²) in [5.41, 5.74) is 0.637.